The Balaban J connectivity index is 1.82. The highest BCUT2D eigenvalue weighted by Gasteiger charge is 1.89. The van der Waals surface area contributed by atoms with E-state index in [4.69, 9.17) is 5.73 Å². The van der Waals surface area contributed by atoms with Crippen LogP contribution in [-0.4, -0.2) is 18.4 Å². The summed E-state index contributed by atoms with van der Waals surface area (Å²) in [4.78, 5) is 2.06. The predicted molar refractivity (Wildman–Crippen MR) is 78.6 cm³/mol. The maximum absolute atomic E-state index is 5.57. The summed E-state index contributed by atoms with van der Waals surface area (Å²) in [5, 5.41) is 15.5. The molecule has 2 aromatic heterocycles. The SMILES string of the molecule is NC(=N/N=C/c1cccs1)N/N=C\c1cccs1. The molecule has 0 unspecified atom stereocenters. The quantitative estimate of drug-likeness (QED) is 0.510. The van der Waals surface area contributed by atoms with Gasteiger partial charge in [0.1, 0.15) is 0 Å². The first-order valence-electron chi connectivity index (χ1n) is 5.07. The van der Waals surface area contributed by atoms with Crippen LogP contribution in [0.2, 0.25) is 0 Å². The summed E-state index contributed by atoms with van der Waals surface area (Å²) in [6.07, 6.45) is 3.32. The summed E-state index contributed by atoms with van der Waals surface area (Å²) in [5.74, 6) is 0.149. The van der Waals surface area contributed by atoms with Gasteiger partial charge >= 0.3 is 0 Å². The number of hydrogen-bond acceptors (Lipinski definition) is 5. The average Bonchev–Trinajstić information content (AvgIpc) is 3.01. The molecule has 0 aliphatic rings. The van der Waals surface area contributed by atoms with Crippen molar-refractivity contribution in [2.75, 3.05) is 0 Å². The first kappa shape index (κ1) is 12.5. The van der Waals surface area contributed by atoms with Crippen molar-refractivity contribution in [2.45, 2.75) is 0 Å². The van der Waals surface area contributed by atoms with Gasteiger partial charge in [-0.2, -0.15) is 10.2 Å². The zero-order valence-electron chi connectivity index (χ0n) is 9.35. The Hall–Kier alpha value is -1.99. The lowest BCUT2D eigenvalue weighted by molar-refractivity contribution is 0.995. The van der Waals surface area contributed by atoms with E-state index in [0.29, 0.717) is 0 Å². The topological polar surface area (TPSA) is 75.1 Å². The minimum atomic E-state index is 0.149. The summed E-state index contributed by atoms with van der Waals surface area (Å²) in [6.45, 7) is 0. The van der Waals surface area contributed by atoms with Crippen LogP contribution >= 0.6 is 22.7 Å². The largest absolute Gasteiger partial charge is 0.367 e. The second-order valence-corrected chi connectivity index (χ2v) is 5.09. The molecule has 0 radical (unpaired) electrons. The number of nitrogens with one attached hydrogen (secondary N) is 1. The molecule has 18 heavy (non-hydrogen) atoms. The number of nitrogens with zero attached hydrogens (tertiary/aromatic N) is 3. The maximum atomic E-state index is 5.57. The number of nitrogens with two attached hydrogens (primary N) is 1. The van der Waals surface area contributed by atoms with Crippen LogP contribution in [0.25, 0.3) is 0 Å². The molecule has 0 bridgehead atoms. The van der Waals surface area contributed by atoms with Crippen LogP contribution in [0.3, 0.4) is 0 Å². The van der Waals surface area contributed by atoms with Crippen molar-refractivity contribution in [3.05, 3.63) is 44.8 Å². The molecule has 5 nitrogen and oxygen atoms in total. The smallest absolute Gasteiger partial charge is 0.234 e. The van der Waals surface area contributed by atoms with Gasteiger partial charge in [0.25, 0.3) is 0 Å². The fourth-order valence-electron chi connectivity index (χ4n) is 1.06. The van der Waals surface area contributed by atoms with Crippen LogP contribution in [0, 0.1) is 0 Å². The number of guanidine groups is 1. The fourth-order valence-corrected chi connectivity index (χ4v) is 2.23. The van der Waals surface area contributed by atoms with E-state index in [0.717, 1.165) is 9.75 Å². The molecule has 3 N–H and O–H groups in total. The molecular weight excluding hydrogens is 266 g/mol. The van der Waals surface area contributed by atoms with Crippen molar-refractivity contribution in [3.63, 3.8) is 0 Å². The van der Waals surface area contributed by atoms with E-state index in [1.54, 1.807) is 35.1 Å². The molecule has 0 spiro atoms. The fraction of sp³-hybridized carbons (Fsp3) is 0. The highest BCUT2D eigenvalue weighted by Crippen LogP contribution is 2.05. The minimum absolute atomic E-state index is 0.149. The zero-order chi connectivity index (χ0) is 12.6. The molecule has 2 aromatic rings. The molecule has 0 aromatic carbocycles. The Bertz CT molecular complexity index is 540. The van der Waals surface area contributed by atoms with Gasteiger partial charge in [0, 0.05) is 9.75 Å². The standard InChI is InChI=1S/C11H11N5S2/c12-11(15-13-7-9-3-1-5-17-9)16-14-8-10-4-2-6-18-10/h1-8H,(H3,12,15,16)/b13-7-,14-8+. The van der Waals surface area contributed by atoms with Gasteiger partial charge in [-0.05, 0) is 22.9 Å². The third-order valence-electron chi connectivity index (χ3n) is 1.81. The van der Waals surface area contributed by atoms with Gasteiger partial charge in [-0.1, -0.05) is 12.1 Å². The third-order valence-corrected chi connectivity index (χ3v) is 3.42. The molecule has 0 saturated heterocycles. The summed E-state index contributed by atoms with van der Waals surface area (Å²) in [5.41, 5.74) is 8.17. The molecule has 0 aliphatic heterocycles. The lowest BCUT2D eigenvalue weighted by atomic mass is 10.5. The first-order valence-corrected chi connectivity index (χ1v) is 6.83. The van der Waals surface area contributed by atoms with E-state index in [2.05, 4.69) is 20.7 Å². The molecule has 0 saturated carbocycles. The van der Waals surface area contributed by atoms with E-state index in [1.165, 1.54) is 0 Å². The lowest BCUT2D eigenvalue weighted by Crippen LogP contribution is -2.26. The Morgan fingerprint density at radius 2 is 1.78 bits per heavy atom. The van der Waals surface area contributed by atoms with Gasteiger partial charge < -0.3 is 5.73 Å². The molecule has 0 atom stereocenters. The number of hydrogen-bond donors (Lipinski definition) is 2. The van der Waals surface area contributed by atoms with E-state index >= 15 is 0 Å². The van der Waals surface area contributed by atoms with Crippen LogP contribution in [-0.2, 0) is 0 Å². The molecular formula is C11H11N5S2. The van der Waals surface area contributed by atoms with Crippen LogP contribution < -0.4 is 11.2 Å². The second kappa shape index (κ2) is 6.67. The van der Waals surface area contributed by atoms with Gasteiger partial charge in [0.2, 0.25) is 5.96 Å². The van der Waals surface area contributed by atoms with Gasteiger partial charge in [-0.15, -0.1) is 27.8 Å². The van der Waals surface area contributed by atoms with E-state index < -0.39 is 0 Å². The Morgan fingerprint density at radius 3 is 2.39 bits per heavy atom. The Morgan fingerprint density at radius 1 is 1.11 bits per heavy atom. The van der Waals surface area contributed by atoms with Crippen molar-refractivity contribution in [1.29, 1.82) is 0 Å². The summed E-state index contributed by atoms with van der Waals surface area (Å²) < 4.78 is 0. The van der Waals surface area contributed by atoms with Crippen LogP contribution in [0.4, 0.5) is 0 Å². The van der Waals surface area contributed by atoms with Gasteiger partial charge in [0.05, 0.1) is 12.4 Å². The van der Waals surface area contributed by atoms with Crippen LogP contribution in [0.15, 0.2) is 50.3 Å². The van der Waals surface area contributed by atoms with E-state index in [1.807, 2.05) is 35.0 Å². The molecule has 0 fully saturated rings. The Kier molecular flexibility index (Phi) is 4.62. The Labute approximate surface area is 112 Å². The molecule has 92 valence electrons. The first-order chi connectivity index (χ1) is 8.84. The van der Waals surface area contributed by atoms with Crippen molar-refractivity contribution in [3.8, 4) is 0 Å². The number of hydrazone groups is 1. The average molecular weight is 277 g/mol. The van der Waals surface area contributed by atoms with Crippen molar-refractivity contribution < 1.29 is 0 Å². The molecule has 2 rings (SSSR count). The minimum Gasteiger partial charge on any atom is -0.367 e. The maximum Gasteiger partial charge on any atom is 0.234 e. The van der Waals surface area contributed by atoms with E-state index in [9.17, 15) is 0 Å². The molecule has 2 heterocycles. The van der Waals surface area contributed by atoms with Crippen LogP contribution in [0.1, 0.15) is 9.75 Å². The highest BCUT2D eigenvalue weighted by atomic mass is 32.1. The van der Waals surface area contributed by atoms with Crippen LogP contribution in [0.5, 0.6) is 0 Å². The zero-order valence-corrected chi connectivity index (χ0v) is 11.0. The lowest BCUT2D eigenvalue weighted by Gasteiger charge is -1.94. The summed E-state index contributed by atoms with van der Waals surface area (Å²) >= 11 is 3.18. The van der Waals surface area contributed by atoms with Crippen molar-refractivity contribution >= 4 is 41.1 Å². The number of rotatable bonds is 4. The summed E-state index contributed by atoms with van der Waals surface area (Å²) in [6, 6.07) is 7.80. The van der Waals surface area contributed by atoms with Crippen molar-refractivity contribution in [2.24, 2.45) is 21.0 Å². The van der Waals surface area contributed by atoms with Gasteiger partial charge in [0.15, 0.2) is 0 Å². The second-order valence-electron chi connectivity index (χ2n) is 3.13. The normalized spacial score (nSPS) is 12.6. The molecule has 0 amide bonds. The van der Waals surface area contributed by atoms with Crippen molar-refractivity contribution in [1.82, 2.24) is 5.43 Å². The van der Waals surface area contributed by atoms with Gasteiger partial charge in [-0.3, -0.25) is 0 Å². The molecule has 7 heteroatoms. The highest BCUT2D eigenvalue weighted by molar-refractivity contribution is 7.12. The van der Waals surface area contributed by atoms with E-state index in [-0.39, 0.29) is 5.96 Å². The van der Waals surface area contributed by atoms with Gasteiger partial charge in [-0.25, -0.2) is 5.43 Å². The summed E-state index contributed by atoms with van der Waals surface area (Å²) in [7, 11) is 0. The number of thiophene rings is 2. The monoisotopic (exact) mass is 277 g/mol. The predicted octanol–water partition coefficient (Wildman–Crippen LogP) is 2.08. The molecule has 0 aliphatic carbocycles. The third kappa shape index (κ3) is 4.11.